The van der Waals surface area contributed by atoms with E-state index in [9.17, 15) is 5.11 Å². The zero-order valence-corrected chi connectivity index (χ0v) is 13.2. The summed E-state index contributed by atoms with van der Waals surface area (Å²) in [5, 5.41) is 20.8. The average Bonchev–Trinajstić information content (AvgIpc) is 3.19. The van der Waals surface area contributed by atoms with E-state index in [1.807, 2.05) is 6.20 Å². The first-order valence-electron chi connectivity index (χ1n) is 8.22. The van der Waals surface area contributed by atoms with E-state index in [0.29, 0.717) is 12.5 Å². The van der Waals surface area contributed by atoms with Crippen LogP contribution in [0.2, 0.25) is 0 Å². The SMILES string of the molecule is Cc1ccc(-c2[nH]ncc2CNCC(O)C2CCCC2)cc1. The molecule has 0 bridgehead atoms. The maximum Gasteiger partial charge on any atom is 0.0695 e. The first-order chi connectivity index (χ1) is 10.7. The van der Waals surface area contributed by atoms with Crippen LogP contribution >= 0.6 is 0 Å². The summed E-state index contributed by atoms with van der Waals surface area (Å²) in [5.74, 6) is 0.480. The molecular weight excluding hydrogens is 274 g/mol. The molecule has 2 aromatic rings. The van der Waals surface area contributed by atoms with E-state index >= 15 is 0 Å². The van der Waals surface area contributed by atoms with Crippen LogP contribution in [0.1, 0.15) is 36.8 Å². The van der Waals surface area contributed by atoms with Crippen molar-refractivity contribution in [2.24, 2.45) is 5.92 Å². The van der Waals surface area contributed by atoms with Gasteiger partial charge in [-0.15, -0.1) is 0 Å². The molecule has 1 unspecified atom stereocenters. The first-order valence-corrected chi connectivity index (χ1v) is 8.22. The van der Waals surface area contributed by atoms with E-state index in [1.165, 1.54) is 31.2 Å². The van der Waals surface area contributed by atoms with Gasteiger partial charge in [0.05, 0.1) is 18.0 Å². The molecule has 1 aliphatic rings. The Labute approximate surface area is 132 Å². The molecule has 0 aliphatic heterocycles. The fourth-order valence-corrected chi connectivity index (χ4v) is 3.28. The van der Waals surface area contributed by atoms with Crippen molar-refractivity contribution in [2.45, 2.75) is 45.3 Å². The minimum absolute atomic E-state index is 0.225. The minimum Gasteiger partial charge on any atom is -0.392 e. The fraction of sp³-hybridized carbons (Fsp3) is 0.500. The molecule has 1 aromatic carbocycles. The molecule has 0 amide bonds. The predicted octanol–water partition coefficient (Wildman–Crippen LogP) is 3.03. The van der Waals surface area contributed by atoms with E-state index < -0.39 is 0 Å². The first kappa shape index (κ1) is 15.3. The van der Waals surface area contributed by atoms with Crippen LogP contribution in [-0.2, 0) is 6.54 Å². The Morgan fingerprint density at radius 2 is 2.00 bits per heavy atom. The third kappa shape index (κ3) is 3.57. The van der Waals surface area contributed by atoms with E-state index in [4.69, 9.17) is 0 Å². The maximum absolute atomic E-state index is 10.2. The highest BCUT2D eigenvalue weighted by Gasteiger charge is 2.22. The second-order valence-corrected chi connectivity index (χ2v) is 6.38. The van der Waals surface area contributed by atoms with Gasteiger partial charge in [0, 0.05) is 18.7 Å². The van der Waals surface area contributed by atoms with Crippen LogP contribution in [0.3, 0.4) is 0 Å². The molecule has 1 saturated carbocycles. The van der Waals surface area contributed by atoms with Crippen molar-refractivity contribution in [2.75, 3.05) is 6.54 Å². The van der Waals surface area contributed by atoms with Gasteiger partial charge in [-0.1, -0.05) is 42.7 Å². The lowest BCUT2D eigenvalue weighted by atomic mass is 10.0. The quantitative estimate of drug-likeness (QED) is 0.768. The lowest BCUT2D eigenvalue weighted by Crippen LogP contribution is -2.31. The molecule has 3 N–H and O–H groups in total. The number of aliphatic hydroxyl groups excluding tert-OH is 1. The largest absolute Gasteiger partial charge is 0.392 e. The standard InChI is InChI=1S/C18H25N3O/c1-13-6-8-15(9-7-13)18-16(11-20-21-18)10-19-12-17(22)14-4-2-3-5-14/h6-9,11,14,17,19,22H,2-5,10,12H2,1H3,(H,20,21). The number of aliphatic hydroxyl groups is 1. The summed E-state index contributed by atoms with van der Waals surface area (Å²) in [6.07, 6.45) is 6.51. The zero-order chi connectivity index (χ0) is 15.4. The average molecular weight is 299 g/mol. The maximum atomic E-state index is 10.2. The second-order valence-electron chi connectivity index (χ2n) is 6.38. The number of aryl methyl sites for hydroxylation is 1. The van der Waals surface area contributed by atoms with Crippen molar-refractivity contribution < 1.29 is 5.11 Å². The number of nitrogens with zero attached hydrogens (tertiary/aromatic N) is 1. The summed E-state index contributed by atoms with van der Waals surface area (Å²) in [4.78, 5) is 0. The molecule has 22 heavy (non-hydrogen) atoms. The van der Waals surface area contributed by atoms with Crippen LogP contribution in [0.5, 0.6) is 0 Å². The van der Waals surface area contributed by atoms with Crippen LogP contribution in [0, 0.1) is 12.8 Å². The Balaban J connectivity index is 1.57. The molecular formula is C18H25N3O. The second kappa shape index (κ2) is 7.07. The molecule has 118 valence electrons. The summed E-state index contributed by atoms with van der Waals surface area (Å²) in [5.41, 5.74) is 4.60. The van der Waals surface area contributed by atoms with Crippen molar-refractivity contribution in [1.29, 1.82) is 0 Å². The lowest BCUT2D eigenvalue weighted by Gasteiger charge is -2.18. The number of aromatic nitrogens is 2. The van der Waals surface area contributed by atoms with Crippen molar-refractivity contribution in [1.82, 2.24) is 15.5 Å². The molecule has 1 aliphatic carbocycles. The summed E-state index contributed by atoms with van der Waals surface area (Å²) < 4.78 is 0. The van der Waals surface area contributed by atoms with Crippen LogP contribution in [0.15, 0.2) is 30.5 Å². The van der Waals surface area contributed by atoms with Gasteiger partial charge < -0.3 is 10.4 Å². The van der Waals surface area contributed by atoms with Gasteiger partial charge in [0.2, 0.25) is 0 Å². The van der Waals surface area contributed by atoms with E-state index in [1.54, 1.807) is 0 Å². The Kier molecular flexibility index (Phi) is 4.90. The van der Waals surface area contributed by atoms with Gasteiger partial charge in [0.1, 0.15) is 0 Å². The van der Waals surface area contributed by atoms with Crippen molar-refractivity contribution in [3.05, 3.63) is 41.6 Å². The van der Waals surface area contributed by atoms with Crippen molar-refractivity contribution in [3.8, 4) is 11.3 Å². The van der Waals surface area contributed by atoms with Crippen molar-refractivity contribution in [3.63, 3.8) is 0 Å². The lowest BCUT2D eigenvalue weighted by molar-refractivity contribution is 0.109. The predicted molar refractivity (Wildman–Crippen MR) is 88.4 cm³/mol. The number of hydrogen-bond acceptors (Lipinski definition) is 3. The van der Waals surface area contributed by atoms with Crippen molar-refractivity contribution >= 4 is 0 Å². The number of nitrogens with one attached hydrogen (secondary N) is 2. The molecule has 1 atom stereocenters. The highest BCUT2D eigenvalue weighted by atomic mass is 16.3. The minimum atomic E-state index is -0.225. The molecule has 1 heterocycles. The summed E-state index contributed by atoms with van der Waals surface area (Å²) >= 11 is 0. The monoisotopic (exact) mass is 299 g/mol. The van der Waals surface area contributed by atoms with Crippen LogP contribution in [0.4, 0.5) is 0 Å². The van der Waals surface area contributed by atoms with Crippen LogP contribution in [-0.4, -0.2) is 28.0 Å². The number of hydrogen-bond donors (Lipinski definition) is 3. The van der Waals surface area contributed by atoms with E-state index in [-0.39, 0.29) is 6.10 Å². The molecule has 4 nitrogen and oxygen atoms in total. The Hall–Kier alpha value is -1.65. The topological polar surface area (TPSA) is 60.9 Å². The summed E-state index contributed by atoms with van der Waals surface area (Å²) in [7, 11) is 0. The smallest absolute Gasteiger partial charge is 0.0695 e. The van der Waals surface area contributed by atoms with E-state index in [2.05, 4.69) is 46.7 Å². The Bertz CT molecular complexity index is 585. The van der Waals surface area contributed by atoms with Gasteiger partial charge in [-0.25, -0.2) is 0 Å². The normalized spacial score (nSPS) is 17.0. The third-order valence-corrected chi connectivity index (χ3v) is 4.67. The van der Waals surface area contributed by atoms with Crippen LogP contribution < -0.4 is 5.32 Å². The highest BCUT2D eigenvalue weighted by Crippen LogP contribution is 2.27. The number of benzene rings is 1. The number of aromatic amines is 1. The number of rotatable bonds is 6. The van der Waals surface area contributed by atoms with Gasteiger partial charge in [-0.2, -0.15) is 5.10 Å². The third-order valence-electron chi connectivity index (χ3n) is 4.67. The Morgan fingerprint density at radius 1 is 1.27 bits per heavy atom. The molecule has 0 radical (unpaired) electrons. The molecule has 4 heteroatoms. The fourth-order valence-electron chi connectivity index (χ4n) is 3.28. The highest BCUT2D eigenvalue weighted by molar-refractivity contribution is 5.62. The van der Waals surface area contributed by atoms with Gasteiger partial charge in [-0.3, -0.25) is 5.10 Å². The molecule has 3 rings (SSSR count). The zero-order valence-electron chi connectivity index (χ0n) is 13.2. The van der Waals surface area contributed by atoms with Gasteiger partial charge in [0.25, 0.3) is 0 Å². The van der Waals surface area contributed by atoms with Gasteiger partial charge in [0.15, 0.2) is 0 Å². The molecule has 0 saturated heterocycles. The molecule has 0 spiro atoms. The summed E-state index contributed by atoms with van der Waals surface area (Å²) in [6, 6.07) is 8.44. The summed E-state index contributed by atoms with van der Waals surface area (Å²) in [6.45, 7) is 3.47. The van der Waals surface area contributed by atoms with Gasteiger partial charge in [-0.05, 0) is 31.2 Å². The number of H-pyrrole nitrogens is 1. The van der Waals surface area contributed by atoms with E-state index in [0.717, 1.165) is 23.4 Å². The molecule has 1 aromatic heterocycles. The Morgan fingerprint density at radius 3 is 2.73 bits per heavy atom. The molecule has 1 fully saturated rings. The van der Waals surface area contributed by atoms with Gasteiger partial charge >= 0.3 is 0 Å². The van der Waals surface area contributed by atoms with Crippen LogP contribution in [0.25, 0.3) is 11.3 Å².